The SMILES string of the molecule is CN(C)C(=O)CN=C(NCCc1ccco1)N1CCN(C(=O)c2ccco2)CC1.I. The highest BCUT2D eigenvalue weighted by atomic mass is 127. The van der Waals surface area contributed by atoms with Crippen LogP contribution in [-0.4, -0.2) is 85.8 Å². The summed E-state index contributed by atoms with van der Waals surface area (Å²) in [6, 6.07) is 7.16. The molecule has 164 valence electrons. The zero-order valence-corrected chi connectivity index (χ0v) is 19.6. The van der Waals surface area contributed by atoms with Crippen LogP contribution in [0.2, 0.25) is 0 Å². The van der Waals surface area contributed by atoms with Gasteiger partial charge in [0.25, 0.3) is 5.91 Å². The summed E-state index contributed by atoms with van der Waals surface area (Å²) in [6.45, 7) is 3.06. The fourth-order valence-corrected chi connectivity index (χ4v) is 2.98. The second-order valence-electron chi connectivity index (χ2n) is 6.94. The summed E-state index contributed by atoms with van der Waals surface area (Å²) in [5.41, 5.74) is 0. The number of amides is 2. The number of likely N-dealkylation sites (N-methyl/N-ethyl adjacent to an activating group) is 1. The van der Waals surface area contributed by atoms with Crippen LogP contribution in [0.15, 0.2) is 50.6 Å². The first-order valence-corrected chi connectivity index (χ1v) is 9.63. The highest BCUT2D eigenvalue weighted by Gasteiger charge is 2.25. The Hall–Kier alpha value is -2.50. The smallest absolute Gasteiger partial charge is 0.289 e. The summed E-state index contributed by atoms with van der Waals surface area (Å²) >= 11 is 0. The number of hydrogen-bond donors (Lipinski definition) is 1. The lowest BCUT2D eigenvalue weighted by molar-refractivity contribution is -0.127. The number of nitrogens with zero attached hydrogens (tertiary/aromatic N) is 4. The van der Waals surface area contributed by atoms with Crippen LogP contribution in [0, 0.1) is 0 Å². The van der Waals surface area contributed by atoms with Gasteiger partial charge in [-0.25, -0.2) is 4.99 Å². The van der Waals surface area contributed by atoms with Gasteiger partial charge in [0.05, 0.1) is 12.5 Å². The van der Waals surface area contributed by atoms with E-state index in [2.05, 4.69) is 15.2 Å². The molecule has 1 saturated heterocycles. The molecule has 0 radical (unpaired) electrons. The molecule has 10 heteroatoms. The van der Waals surface area contributed by atoms with Gasteiger partial charge in [-0.05, 0) is 24.3 Å². The Labute approximate surface area is 193 Å². The van der Waals surface area contributed by atoms with Crippen molar-refractivity contribution in [1.29, 1.82) is 0 Å². The monoisotopic (exact) mass is 529 g/mol. The van der Waals surface area contributed by atoms with E-state index in [-0.39, 0.29) is 42.3 Å². The van der Waals surface area contributed by atoms with Gasteiger partial charge in [-0.1, -0.05) is 0 Å². The molecule has 3 heterocycles. The van der Waals surface area contributed by atoms with E-state index in [0.29, 0.717) is 50.9 Å². The number of carbonyl (C=O) groups excluding carboxylic acids is 2. The topological polar surface area (TPSA) is 94.5 Å². The fourth-order valence-electron chi connectivity index (χ4n) is 2.98. The molecular formula is C20H28IN5O4. The van der Waals surface area contributed by atoms with Crippen molar-refractivity contribution in [3.63, 3.8) is 0 Å². The van der Waals surface area contributed by atoms with Crippen LogP contribution in [0.4, 0.5) is 0 Å². The second-order valence-corrected chi connectivity index (χ2v) is 6.94. The maximum Gasteiger partial charge on any atom is 0.289 e. The Morgan fingerprint density at radius 1 is 1.07 bits per heavy atom. The zero-order chi connectivity index (χ0) is 20.6. The predicted molar refractivity (Wildman–Crippen MR) is 123 cm³/mol. The molecule has 30 heavy (non-hydrogen) atoms. The van der Waals surface area contributed by atoms with Crippen molar-refractivity contribution in [2.45, 2.75) is 6.42 Å². The number of hydrogen-bond acceptors (Lipinski definition) is 5. The van der Waals surface area contributed by atoms with Crippen molar-refractivity contribution in [3.05, 3.63) is 48.3 Å². The maximum absolute atomic E-state index is 12.4. The molecule has 2 amide bonds. The molecular weight excluding hydrogens is 501 g/mol. The first-order valence-electron chi connectivity index (χ1n) is 9.63. The summed E-state index contributed by atoms with van der Waals surface area (Å²) in [5.74, 6) is 1.72. The quantitative estimate of drug-likeness (QED) is 0.347. The van der Waals surface area contributed by atoms with Crippen LogP contribution in [0.1, 0.15) is 16.3 Å². The van der Waals surface area contributed by atoms with Gasteiger partial charge in [0, 0.05) is 53.2 Å². The first kappa shape index (κ1) is 23.8. The molecule has 3 rings (SSSR count). The maximum atomic E-state index is 12.4. The molecule has 0 saturated carbocycles. The summed E-state index contributed by atoms with van der Waals surface area (Å²) in [6.07, 6.45) is 3.86. The van der Waals surface area contributed by atoms with E-state index in [9.17, 15) is 9.59 Å². The highest BCUT2D eigenvalue weighted by Crippen LogP contribution is 2.10. The minimum Gasteiger partial charge on any atom is -0.469 e. The number of guanidine groups is 1. The molecule has 2 aromatic heterocycles. The third-order valence-electron chi connectivity index (χ3n) is 4.70. The van der Waals surface area contributed by atoms with Crippen molar-refractivity contribution in [3.8, 4) is 0 Å². The molecule has 0 bridgehead atoms. The number of furan rings is 2. The number of rotatable bonds is 6. The van der Waals surface area contributed by atoms with Gasteiger partial charge in [-0.2, -0.15) is 0 Å². The van der Waals surface area contributed by atoms with Gasteiger partial charge in [0.1, 0.15) is 12.3 Å². The van der Waals surface area contributed by atoms with E-state index in [4.69, 9.17) is 8.83 Å². The number of aliphatic imine (C=N–C) groups is 1. The number of halogens is 1. The molecule has 0 unspecified atom stereocenters. The summed E-state index contributed by atoms with van der Waals surface area (Å²) in [5, 5.41) is 3.32. The summed E-state index contributed by atoms with van der Waals surface area (Å²) in [4.78, 5) is 34.2. The third-order valence-corrected chi connectivity index (χ3v) is 4.70. The molecule has 2 aromatic rings. The van der Waals surface area contributed by atoms with Crippen molar-refractivity contribution in [1.82, 2.24) is 20.0 Å². The van der Waals surface area contributed by atoms with E-state index >= 15 is 0 Å². The van der Waals surface area contributed by atoms with Crippen molar-refractivity contribution >= 4 is 41.8 Å². The zero-order valence-electron chi connectivity index (χ0n) is 17.2. The van der Waals surface area contributed by atoms with Gasteiger partial charge in [0.15, 0.2) is 11.7 Å². The molecule has 1 aliphatic heterocycles. The molecule has 0 aliphatic carbocycles. The van der Waals surface area contributed by atoms with Gasteiger partial charge >= 0.3 is 0 Å². The van der Waals surface area contributed by atoms with Gasteiger partial charge in [-0.3, -0.25) is 9.59 Å². The Morgan fingerprint density at radius 3 is 2.33 bits per heavy atom. The van der Waals surface area contributed by atoms with Crippen LogP contribution in [0.5, 0.6) is 0 Å². The van der Waals surface area contributed by atoms with Crippen LogP contribution in [-0.2, 0) is 11.2 Å². The average molecular weight is 529 g/mol. The molecule has 9 nitrogen and oxygen atoms in total. The normalized spacial score (nSPS) is 14.3. The first-order chi connectivity index (χ1) is 14.0. The fraction of sp³-hybridized carbons (Fsp3) is 0.450. The summed E-state index contributed by atoms with van der Waals surface area (Å²) in [7, 11) is 3.42. The molecule has 1 aliphatic rings. The van der Waals surface area contributed by atoms with E-state index in [1.807, 2.05) is 12.1 Å². The molecule has 0 spiro atoms. The third kappa shape index (κ3) is 6.51. The minimum atomic E-state index is -0.110. The van der Waals surface area contributed by atoms with Gasteiger partial charge in [-0.15, -0.1) is 24.0 Å². The number of nitrogens with one attached hydrogen (secondary N) is 1. The van der Waals surface area contributed by atoms with Gasteiger partial charge < -0.3 is 28.9 Å². The minimum absolute atomic E-state index is 0. The van der Waals surface area contributed by atoms with E-state index in [1.165, 1.54) is 11.2 Å². The van der Waals surface area contributed by atoms with Crippen molar-refractivity contribution in [2.24, 2.45) is 4.99 Å². The number of carbonyl (C=O) groups is 2. The van der Waals surface area contributed by atoms with Crippen LogP contribution in [0.3, 0.4) is 0 Å². The molecule has 1 fully saturated rings. The lowest BCUT2D eigenvalue weighted by Crippen LogP contribution is -2.54. The standard InChI is InChI=1S/C20H27N5O4.HI/c1-23(2)18(26)15-22-20(21-8-7-16-5-3-13-28-16)25-11-9-24(10-12-25)19(27)17-6-4-14-29-17;/h3-6,13-14H,7-12,15H2,1-2H3,(H,21,22);1H. The Kier molecular flexibility index (Phi) is 9.21. The van der Waals surface area contributed by atoms with E-state index in [1.54, 1.807) is 37.4 Å². The summed E-state index contributed by atoms with van der Waals surface area (Å²) < 4.78 is 10.6. The molecule has 0 atom stereocenters. The lowest BCUT2D eigenvalue weighted by atomic mass is 10.3. The Balaban J connectivity index is 0.00000320. The molecule has 1 N–H and O–H groups in total. The van der Waals surface area contributed by atoms with Crippen LogP contribution in [0.25, 0.3) is 0 Å². The van der Waals surface area contributed by atoms with Gasteiger partial charge in [0.2, 0.25) is 5.91 Å². The average Bonchev–Trinajstić information content (AvgIpc) is 3.44. The van der Waals surface area contributed by atoms with Crippen LogP contribution < -0.4 is 5.32 Å². The van der Waals surface area contributed by atoms with Crippen molar-refractivity contribution < 1.29 is 18.4 Å². The van der Waals surface area contributed by atoms with E-state index in [0.717, 1.165) is 5.76 Å². The predicted octanol–water partition coefficient (Wildman–Crippen LogP) is 1.52. The van der Waals surface area contributed by atoms with E-state index < -0.39 is 0 Å². The van der Waals surface area contributed by atoms with Crippen molar-refractivity contribution in [2.75, 3.05) is 53.4 Å². The Morgan fingerprint density at radius 2 is 1.73 bits per heavy atom. The lowest BCUT2D eigenvalue weighted by Gasteiger charge is -2.36. The largest absolute Gasteiger partial charge is 0.469 e. The Bertz CT molecular complexity index is 812. The molecule has 0 aromatic carbocycles. The highest BCUT2D eigenvalue weighted by molar-refractivity contribution is 14.0. The number of piperazine rings is 1. The van der Waals surface area contributed by atoms with Crippen LogP contribution >= 0.6 is 24.0 Å². The second kappa shape index (κ2) is 11.6.